The summed E-state index contributed by atoms with van der Waals surface area (Å²) >= 11 is 1.40. The summed E-state index contributed by atoms with van der Waals surface area (Å²) < 4.78 is 24.0. The fourth-order valence-corrected chi connectivity index (χ4v) is 4.21. The van der Waals surface area contributed by atoms with Crippen molar-refractivity contribution in [2.24, 2.45) is 11.1 Å². The molecule has 2 aromatic rings. The lowest BCUT2D eigenvalue weighted by Crippen LogP contribution is -2.40. The number of aromatic nitrogens is 2. The molecule has 8 nitrogen and oxygen atoms in total. The van der Waals surface area contributed by atoms with Crippen molar-refractivity contribution in [1.82, 2.24) is 14.9 Å². The van der Waals surface area contributed by atoms with E-state index in [4.69, 9.17) is 5.14 Å². The van der Waals surface area contributed by atoms with Gasteiger partial charge < -0.3 is 5.32 Å². The van der Waals surface area contributed by atoms with Gasteiger partial charge in [-0.2, -0.15) is 0 Å². The monoisotopic (exact) mass is 394 g/mol. The Morgan fingerprint density at radius 3 is 2.73 bits per heavy atom. The van der Waals surface area contributed by atoms with Gasteiger partial charge in [0.25, 0.3) is 5.56 Å². The molecule has 0 spiro atoms. The van der Waals surface area contributed by atoms with Gasteiger partial charge in [-0.05, 0) is 24.1 Å². The number of carbonyl (C=O) groups is 1. The lowest BCUT2D eigenvalue weighted by Gasteiger charge is -2.23. The van der Waals surface area contributed by atoms with Gasteiger partial charge in [0, 0.05) is 31.1 Å². The van der Waals surface area contributed by atoms with Gasteiger partial charge in [0.05, 0.1) is 10.8 Å². The number of nitrogens with one attached hydrogen (secondary N) is 1. The van der Waals surface area contributed by atoms with Gasteiger partial charge in [0.2, 0.25) is 15.9 Å². The molecule has 1 atom stereocenters. The third-order valence-electron chi connectivity index (χ3n) is 4.05. The van der Waals surface area contributed by atoms with E-state index in [9.17, 15) is 18.0 Å². The third-order valence-corrected chi connectivity index (χ3v) is 6.13. The van der Waals surface area contributed by atoms with Crippen LogP contribution in [-0.2, 0) is 27.8 Å². The molecule has 0 bridgehead atoms. The molecule has 26 heavy (non-hydrogen) atoms. The van der Waals surface area contributed by atoms with E-state index < -0.39 is 10.0 Å². The smallest absolute Gasteiger partial charge is 0.254 e. The van der Waals surface area contributed by atoms with Crippen molar-refractivity contribution in [3.05, 3.63) is 52.4 Å². The summed E-state index contributed by atoms with van der Waals surface area (Å²) in [4.78, 5) is 28.4. The average Bonchev–Trinajstić information content (AvgIpc) is 2.61. The molecule has 0 fully saturated rings. The van der Waals surface area contributed by atoms with Crippen LogP contribution in [0.2, 0.25) is 0 Å². The summed E-state index contributed by atoms with van der Waals surface area (Å²) in [6.07, 6.45) is 2.04. The van der Waals surface area contributed by atoms with E-state index in [1.807, 2.05) is 0 Å². The number of nitrogens with zero attached hydrogens (tertiary/aromatic N) is 2. The van der Waals surface area contributed by atoms with Crippen molar-refractivity contribution in [3.63, 3.8) is 0 Å². The number of hydrogen-bond acceptors (Lipinski definition) is 6. The molecule has 1 aliphatic heterocycles. The molecule has 138 valence electrons. The molecule has 1 amide bonds. The Balaban J connectivity index is 1.53. The summed E-state index contributed by atoms with van der Waals surface area (Å²) in [7, 11) is -3.70. The normalized spacial score (nSPS) is 16.7. The Morgan fingerprint density at radius 2 is 2.04 bits per heavy atom. The molecule has 0 aliphatic carbocycles. The number of primary sulfonamides is 1. The minimum atomic E-state index is -3.70. The first-order chi connectivity index (χ1) is 12.3. The van der Waals surface area contributed by atoms with E-state index in [2.05, 4.69) is 10.3 Å². The van der Waals surface area contributed by atoms with Crippen LogP contribution in [0.25, 0.3) is 0 Å². The predicted molar refractivity (Wildman–Crippen MR) is 97.2 cm³/mol. The Hall–Kier alpha value is -2.17. The third kappa shape index (κ3) is 4.32. The number of hydrogen-bond donors (Lipinski definition) is 2. The molecule has 2 heterocycles. The molecule has 0 saturated carbocycles. The largest absolute Gasteiger partial charge is 0.355 e. The van der Waals surface area contributed by atoms with Crippen LogP contribution in [0.3, 0.4) is 0 Å². The van der Waals surface area contributed by atoms with Crippen LogP contribution < -0.4 is 16.0 Å². The van der Waals surface area contributed by atoms with Gasteiger partial charge in [-0.15, -0.1) is 0 Å². The van der Waals surface area contributed by atoms with Gasteiger partial charge in [0.15, 0.2) is 5.16 Å². The standard InChI is InChI=1S/C16H18N4O4S2/c17-26(23,24)13-3-1-11(2-4-13)5-7-18-15(22)12-9-20-14(21)6-8-19-16(20)25-10-12/h1-4,6,8,12H,5,7,9-10H2,(H,18,22)(H2,17,23,24)/t12-/m1/s1. The highest BCUT2D eigenvalue weighted by Crippen LogP contribution is 2.24. The number of amides is 1. The highest BCUT2D eigenvalue weighted by atomic mass is 32.2. The number of nitrogens with two attached hydrogens (primary N) is 1. The van der Waals surface area contributed by atoms with E-state index >= 15 is 0 Å². The summed E-state index contributed by atoms with van der Waals surface area (Å²) in [5, 5.41) is 8.56. The maximum Gasteiger partial charge on any atom is 0.254 e. The average molecular weight is 394 g/mol. The minimum absolute atomic E-state index is 0.0576. The zero-order valence-corrected chi connectivity index (χ0v) is 15.4. The highest BCUT2D eigenvalue weighted by Gasteiger charge is 2.26. The van der Waals surface area contributed by atoms with Crippen molar-refractivity contribution in [1.29, 1.82) is 0 Å². The fourth-order valence-electron chi connectivity index (χ4n) is 2.63. The van der Waals surface area contributed by atoms with Crippen molar-refractivity contribution in [3.8, 4) is 0 Å². The number of carbonyl (C=O) groups excluding carboxylic acids is 1. The molecule has 3 rings (SSSR count). The molecule has 1 aromatic carbocycles. The van der Waals surface area contributed by atoms with Gasteiger partial charge in [-0.25, -0.2) is 18.5 Å². The molecular weight excluding hydrogens is 376 g/mol. The van der Waals surface area contributed by atoms with E-state index in [0.717, 1.165) is 5.56 Å². The highest BCUT2D eigenvalue weighted by molar-refractivity contribution is 7.99. The zero-order chi connectivity index (χ0) is 18.7. The van der Waals surface area contributed by atoms with E-state index in [1.165, 1.54) is 40.7 Å². The number of rotatable bonds is 5. The number of sulfonamides is 1. The first-order valence-electron chi connectivity index (χ1n) is 7.93. The second-order valence-corrected chi connectivity index (χ2v) is 8.46. The summed E-state index contributed by atoms with van der Waals surface area (Å²) in [5.41, 5.74) is 0.733. The fraction of sp³-hybridized carbons (Fsp3) is 0.312. The van der Waals surface area contributed by atoms with Gasteiger partial charge in [-0.3, -0.25) is 14.2 Å². The number of fused-ring (bicyclic) bond motifs is 1. The second kappa shape index (κ2) is 7.60. The lowest BCUT2D eigenvalue weighted by atomic mass is 10.1. The Kier molecular flexibility index (Phi) is 5.44. The SMILES string of the molecule is NS(=O)(=O)c1ccc(CCNC(=O)[C@H]2CSc3nccc(=O)n3C2)cc1. The summed E-state index contributed by atoms with van der Waals surface area (Å²) in [6, 6.07) is 7.62. The Bertz CT molecular complexity index is 970. The second-order valence-electron chi connectivity index (χ2n) is 5.91. The lowest BCUT2D eigenvalue weighted by molar-refractivity contribution is -0.124. The van der Waals surface area contributed by atoms with Crippen LogP contribution in [-0.4, -0.2) is 36.2 Å². The van der Waals surface area contributed by atoms with Crippen LogP contribution >= 0.6 is 11.8 Å². The van der Waals surface area contributed by atoms with Crippen LogP contribution in [0.4, 0.5) is 0 Å². The first-order valence-corrected chi connectivity index (χ1v) is 10.5. The predicted octanol–water partition coefficient (Wildman–Crippen LogP) is -0.0285. The Labute approximate surface area is 154 Å². The maximum atomic E-state index is 12.3. The topological polar surface area (TPSA) is 124 Å². The molecule has 0 radical (unpaired) electrons. The summed E-state index contributed by atoms with van der Waals surface area (Å²) in [5.74, 6) is 0.171. The van der Waals surface area contributed by atoms with Gasteiger partial charge >= 0.3 is 0 Å². The maximum absolute atomic E-state index is 12.3. The minimum Gasteiger partial charge on any atom is -0.355 e. The number of benzene rings is 1. The van der Waals surface area contributed by atoms with Crippen LogP contribution in [0, 0.1) is 5.92 Å². The Morgan fingerprint density at radius 1 is 1.31 bits per heavy atom. The van der Waals surface area contributed by atoms with Crippen molar-refractivity contribution in [2.45, 2.75) is 23.0 Å². The number of thioether (sulfide) groups is 1. The van der Waals surface area contributed by atoms with Gasteiger partial charge in [-0.1, -0.05) is 23.9 Å². The zero-order valence-electron chi connectivity index (χ0n) is 13.8. The van der Waals surface area contributed by atoms with E-state index in [0.29, 0.717) is 30.4 Å². The van der Waals surface area contributed by atoms with Crippen molar-refractivity contribution in [2.75, 3.05) is 12.3 Å². The van der Waals surface area contributed by atoms with Crippen LogP contribution in [0.5, 0.6) is 0 Å². The molecule has 1 aliphatic rings. The van der Waals surface area contributed by atoms with E-state index in [-0.39, 0.29) is 22.3 Å². The quantitative estimate of drug-likeness (QED) is 0.687. The van der Waals surface area contributed by atoms with E-state index in [1.54, 1.807) is 12.1 Å². The van der Waals surface area contributed by atoms with Crippen LogP contribution in [0.1, 0.15) is 5.56 Å². The van der Waals surface area contributed by atoms with Gasteiger partial charge in [0.1, 0.15) is 0 Å². The molecule has 3 N–H and O–H groups in total. The molecule has 10 heteroatoms. The molecular formula is C16H18N4O4S2. The molecule has 1 aromatic heterocycles. The summed E-state index contributed by atoms with van der Waals surface area (Å²) in [6.45, 7) is 0.743. The van der Waals surface area contributed by atoms with Crippen LogP contribution in [0.15, 0.2) is 51.4 Å². The molecule has 0 unspecified atom stereocenters. The van der Waals surface area contributed by atoms with Crippen molar-refractivity contribution < 1.29 is 13.2 Å². The first kappa shape index (κ1) is 18.6. The molecule has 0 saturated heterocycles. The van der Waals surface area contributed by atoms with Crippen molar-refractivity contribution >= 4 is 27.7 Å².